The Balaban J connectivity index is 1.66. The Morgan fingerprint density at radius 1 is 0.931 bits per heavy atom. The molecule has 3 aromatic rings. The topological polar surface area (TPSA) is 92.7 Å². The van der Waals surface area contributed by atoms with Crippen LogP contribution in [0.5, 0.6) is 5.75 Å². The van der Waals surface area contributed by atoms with E-state index in [0.29, 0.717) is 29.8 Å². The number of ether oxygens (including phenoxy) is 1. The molecule has 3 aromatic carbocycles. The maximum Gasteiger partial charge on any atom is 0.335 e. The molecule has 0 amide bonds. The van der Waals surface area contributed by atoms with Crippen LogP contribution in [0.3, 0.4) is 0 Å². The van der Waals surface area contributed by atoms with Crippen LogP contribution >= 0.6 is 0 Å². The summed E-state index contributed by atoms with van der Waals surface area (Å²) in [6, 6.07) is 20.1. The van der Waals surface area contributed by atoms with Crippen LogP contribution in [0.25, 0.3) is 0 Å². The van der Waals surface area contributed by atoms with Gasteiger partial charge < -0.3 is 9.84 Å². The van der Waals surface area contributed by atoms with E-state index < -0.39 is 16.0 Å². The Hall–Kier alpha value is -3.32. The van der Waals surface area contributed by atoms with E-state index in [0.717, 1.165) is 11.1 Å². The lowest BCUT2D eigenvalue weighted by Crippen LogP contribution is -2.12. The standard InChI is InChI=1S/C22H21NO5S/c1-28-19-12-14-20(15-13-19)29(26,27)23-18-10-7-16(8-11-18)6-9-17-4-2-3-5-21(17)22(24)25/h2-5,7-8,10-15,23H,6,9H2,1H3,(H,24,25). The summed E-state index contributed by atoms with van der Waals surface area (Å²) in [5.74, 6) is -0.360. The van der Waals surface area contributed by atoms with Gasteiger partial charge in [0.05, 0.1) is 17.6 Å². The highest BCUT2D eigenvalue weighted by Gasteiger charge is 2.14. The molecule has 0 fully saturated rings. The van der Waals surface area contributed by atoms with E-state index in [1.54, 1.807) is 42.5 Å². The number of benzene rings is 3. The molecule has 0 bridgehead atoms. The lowest BCUT2D eigenvalue weighted by molar-refractivity contribution is 0.0695. The molecule has 0 unspecified atom stereocenters. The smallest absolute Gasteiger partial charge is 0.335 e. The minimum atomic E-state index is -3.69. The molecule has 0 atom stereocenters. The van der Waals surface area contributed by atoms with E-state index in [1.807, 2.05) is 18.2 Å². The summed E-state index contributed by atoms with van der Waals surface area (Å²) in [5.41, 5.74) is 2.51. The molecule has 0 saturated carbocycles. The zero-order valence-electron chi connectivity index (χ0n) is 15.8. The second-order valence-electron chi connectivity index (χ2n) is 6.44. The molecule has 0 aliphatic carbocycles. The van der Waals surface area contributed by atoms with E-state index >= 15 is 0 Å². The van der Waals surface area contributed by atoms with Crippen molar-refractivity contribution >= 4 is 21.7 Å². The summed E-state index contributed by atoms with van der Waals surface area (Å²) in [5, 5.41) is 9.26. The van der Waals surface area contributed by atoms with Crippen molar-refractivity contribution in [1.82, 2.24) is 0 Å². The van der Waals surface area contributed by atoms with Crippen molar-refractivity contribution in [1.29, 1.82) is 0 Å². The van der Waals surface area contributed by atoms with Crippen molar-refractivity contribution in [2.75, 3.05) is 11.8 Å². The molecule has 0 aromatic heterocycles. The van der Waals surface area contributed by atoms with Gasteiger partial charge in [-0.05, 0) is 66.4 Å². The van der Waals surface area contributed by atoms with Crippen LogP contribution in [0.4, 0.5) is 5.69 Å². The minimum absolute atomic E-state index is 0.146. The molecule has 0 saturated heterocycles. The van der Waals surface area contributed by atoms with Crippen LogP contribution in [0, 0.1) is 0 Å². The second-order valence-corrected chi connectivity index (χ2v) is 8.12. The first kappa shape index (κ1) is 20.4. The highest BCUT2D eigenvalue weighted by molar-refractivity contribution is 7.92. The predicted molar refractivity (Wildman–Crippen MR) is 111 cm³/mol. The summed E-state index contributed by atoms with van der Waals surface area (Å²) in [7, 11) is -2.17. The minimum Gasteiger partial charge on any atom is -0.497 e. The molecule has 0 spiro atoms. The van der Waals surface area contributed by atoms with Crippen LogP contribution < -0.4 is 9.46 Å². The van der Waals surface area contributed by atoms with Crippen LogP contribution in [0.1, 0.15) is 21.5 Å². The van der Waals surface area contributed by atoms with Crippen molar-refractivity contribution in [3.63, 3.8) is 0 Å². The first-order valence-electron chi connectivity index (χ1n) is 8.96. The Labute approximate surface area is 169 Å². The molecule has 0 aliphatic heterocycles. The monoisotopic (exact) mass is 411 g/mol. The van der Waals surface area contributed by atoms with Crippen molar-refractivity contribution in [2.24, 2.45) is 0 Å². The van der Waals surface area contributed by atoms with Gasteiger partial charge in [-0.25, -0.2) is 13.2 Å². The third-order valence-corrected chi connectivity index (χ3v) is 5.90. The molecule has 0 aliphatic rings. The molecule has 0 radical (unpaired) electrons. The molecule has 2 N–H and O–H groups in total. The number of carboxylic acid groups (broad SMARTS) is 1. The molecule has 29 heavy (non-hydrogen) atoms. The molecule has 150 valence electrons. The number of carbonyl (C=O) groups is 1. The van der Waals surface area contributed by atoms with E-state index in [1.165, 1.54) is 19.2 Å². The number of aromatic carboxylic acids is 1. The number of hydrogen-bond donors (Lipinski definition) is 2. The maximum absolute atomic E-state index is 12.5. The van der Waals surface area contributed by atoms with Gasteiger partial charge in [0, 0.05) is 5.69 Å². The Morgan fingerprint density at radius 2 is 1.59 bits per heavy atom. The second kappa shape index (κ2) is 8.79. The number of rotatable bonds is 8. The van der Waals surface area contributed by atoms with Gasteiger partial charge in [-0.2, -0.15) is 0 Å². The Bertz CT molecular complexity index is 1090. The fraction of sp³-hybridized carbons (Fsp3) is 0.136. The first-order chi connectivity index (χ1) is 13.9. The van der Waals surface area contributed by atoms with Crippen molar-refractivity contribution in [3.8, 4) is 5.75 Å². The van der Waals surface area contributed by atoms with Crippen LogP contribution in [0.15, 0.2) is 77.7 Å². The summed E-state index contributed by atoms with van der Waals surface area (Å²) in [6.07, 6.45) is 1.23. The third kappa shape index (κ3) is 5.14. The van der Waals surface area contributed by atoms with Gasteiger partial charge >= 0.3 is 5.97 Å². The Kier molecular flexibility index (Phi) is 6.19. The SMILES string of the molecule is COc1ccc(S(=O)(=O)Nc2ccc(CCc3ccccc3C(=O)O)cc2)cc1. The fourth-order valence-electron chi connectivity index (χ4n) is 2.93. The lowest BCUT2D eigenvalue weighted by Gasteiger charge is -2.10. The van der Waals surface area contributed by atoms with Crippen LogP contribution in [0.2, 0.25) is 0 Å². The number of sulfonamides is 1. The van der Waals surface area contributed by atoms with Crippen molar-refractivity contribution in [3.05, 3.63) is 89.5 Å². The summed E-state index contributed by atoms with van der Waals surface area (Å²) in [6.45, 7) is 0. The average molecular weight is 411 g/mol. The number of carboxylic acids is 1. The van der Waals surface area contributed by atoms with Crippen molar-refractivity contribution in [2.45, 2.75) is 17.7 Å². The van der Waals surface area contributed by atoms with E-state index in [-0.39, 0.29) is 4.90 Å². The third-order valence-electron chi connectivity index (χ3n) is 4.51. The van der Waals surface area contributed by atoms with E-state index in [9.17, 15) is 18.3 Å². The highest BCUT2D eigenvalue weighted by Crippen LogP contribution is 2.20. The summed E-state index contributed by atoms with van der Waals surface area (Å²) < 4.78 is 32.6. The van der Waals surface area contributed by atoms with Gasteiger partial charge in [-0.1, -0.05) is 30.3 Å². The predicted octanol–water partition coefficient (Wildman–Crippen LogP) is 3.98. The fourth-order valence-corrected chi connectivity index (χ4v) is 3.99. The van der Waals surface area contributed by atoms with Gasteiger partial charge in [0.15, 0.2) is 0 Å². The molecule has 7 heteroatoms. The van der Waals surface area contributed by atoms with Gasteiger partial charge in [-0.3, -0.25) is 4.72 Å². The normalized spacial score (nSPS) is 11.1. The number of anilines is 1. The van der Waals surface area contributed by atoms with E-state index in [4.69, 9.17) is 4.74 Å². The van der Waals surface area contributed by atoms with Gasteiger partial charge in [0.2, 0.25) is 0 Å². The van der Waals surface area contributed by atoms with E-state index in [2.05, 4.69) is 4.72 Å². The number of nitrogens with one attached hydrogen (secondary N) is 1. The molecule has 3 rings (SSSR count). The molecular weight excluding hydrogens is 390 g/mol. The molecular formula is C22H21NO5S. The summed E-state index contributed by atoms with van der Waals surface area (Å²) in [4.78, 5) is 11.4. The first-order valence-corrected chi connectivity index (χ1v) is 10.4. The zero-order valence-corrected chi connectivity index (χ0v) is 16.6. The van der Waals surface area contributed by atoms with Crippen LogP contribution in [-0.2, 0) is 22.9 Å². The van der Waals surface area contributed by atoms with Crippen molar-refractivity contribution < 1.29 is 23.1 Å². The quantitative estimate of drug-likeness (QED) is 0.585. The number of hydrogen-bond acceptors (Lipinski definition) is 4. The van der Waals surface area contributed by atoms with Gasteiger partial charge in [-0.15, -0.1) is 0 Å². The largest absolute Gasteiger partial charge is 0.497 e. The lowest BCUT2D eigenvalue weighted by atomic mass is 10.00. The van der Waals surface area contributed by atoms with Crippen LogP contribution in [-0.4, -0.2) is 26.6 Å². The average Bonchev–Trinajstić information content (AvgIpc) is 2.73. The highest BCUT2D eigenvalue weighted by atomic mass is 32.2. The maximum atomic E-state index is 12.5. The number of methoxy groups -OCH3 is 1. The van der Waals surface area contributed by atoms with Gasteiger partial charge in [0.25, 0.3) is 10.0 Å². The van der Waals surface area contributed by atoms with Gasteiger partial charge in [0.1, 0.15) is 5.75 Å². The number of aryl methyl sites for hydroxylation is 2. The summed E-state index contributed by atoms with van der Waals surface area (Å²) >= 11 is 0. The Morgan fingerprint density at radius 3 is 2.21 bits per heavy atom. The molecule has 0 heterocycles. The zero-order chi connectivity index (χ0) is 20.9. The molecule has 6 nitrogen and oxygen atoms in total.